The zero-order valence-corrected chi connectivity index (χ0v) is 14.8. The van der Waals surface area contributed by atoms with Gasteiger partial charge in [0.25, 0.3) is 0 Å². The number of carbonyl (C=O) groups is 2. The van der Waals surface area contributed by atoms with E-state index >= 15 is 0 Å². The zero-order chi connectivity index (χ0) is 18.0. The van der Waals surface area contributed by atoms with Gasteiger partial charge in [-0.1, -0.05) is 48.3 Å². The minimum Gasteiger partial charge on any atom is -0.453 e. The molecule has 1 N–H and O–H groups in total. The predicted molar refractivity (Wildman–Crippen MR) is 96.5 cm³/mol. The topological polar surface area (TPSA) is 72.1 Å². The molecule has 0 aliphatic heterocycles. The number of fused-ring (bicyclic) bond motifs is 1. The lowest BCUT2D eigenvalue weighted by Crippen LogP contribution is -2.15. The molecule has 0 amide bonds. The van der Waals surface area contributed by atoms with Gasteiger partial charge in [-0.3, -0.25) is 4.79 Å². The van der Waals surface area contributed by atoms with Crippen molar-refractivity contribution in [1.29, 1.82) is 0 Å². The Hall–Kier alpha value is -2.37. The fourth-order valence-corrected chi connectivity index (χ4v) is 2.91. The Morgan fingerprint density at radius 2 is 2.00 bits per heavy atom. The molecule has 0 aliphatic rings. The van der Waals surface area contributed by atoms with Gasteiger partial charge in [-0.05, 0) is 24.1 Å². The summed E-state index contributed by atoms with van der Waals surface area (Å²) in [7, 11) is 0. The molecule has 128 valence electrons. The Morgan fingerprint density at radius 3 is 2.76 bits per heavy atom. The third-order valence-electron chi connectivity index (χ3n) is 3.82. The number of nitrogens with zero attached hydrogens (tertiary/aromatic N) is 1. The minimum atomic E-state index is -0.796. The molecule has 5 nitrogen and oxygen atoms in total. The van der Waals surface area contributed by atoms with E-state index in [1.807, 2.05) is 25.1 Å². The van der Waals surface area contributed by atoms with Gasteiger partial charge in [0.05, 0.1) is 5.02 Å². The molecule has 0 fully saturated rings. The normalized spacial score (nSPS) is 10.8. The van der Waals surface area contributed by atoms with Crippen LogP contribution in [0.1, 0.15) is 33.3 Å². The van der Waals surface area contributed by atoms with E-state index in [1.54, 1.807) is 6.20 Å². The van der Waals surface area contributed by atoms with Crippen LogP contribution >= 0.6 is 23.2 Å². The number of hydrogen-bond donors (Lipinski definition) is 1. The number of ketones is 1. The number of para-hydroxylation sites is 1. The van der Waals surface area contributed by atoms with E-state index in [1.165, 1.54) is 12.1 Å². The quantitative estimate of drug-likeness (QED) is 0.405. The summed E-state index contributed by atoms with van der Waals surface area (Å²) in [6.07, 6.45) is 2.48. The minimum absolute atomic E-state index is 0.113. The summed E-state index contributed by atoms with van der Waals surface area (Å²) in [6.45, 7) is 1.63. The third-order valence-corrected chi connectivity index (χ3v) is 4.34. The highest BCUT2D eigenvalue weighted by atomic mass is 35.5. The Bertz CT molecular complexity index is 966. The van der Waals surface area contributed by atoms with Crippen LogP contribution < -0.4 is 0 Å². The van der Waals surface area contributed by atoms with Crippen molar-refractivity contribution in [3.63, 3.8) is 0 Å². The maximum atomic E-state index is 12.4. The first-order valence-corrected chi connectivity index (χ1v) is 8.38. The molecule has 1 aromatic carbocycles. The van der Waals surface area contributed by atoms with Crippen LogP contribution in [-0.2, 0) is 11.2 Å². The number of carbonyl (C=O) groups excluding carboxylic acids is 2. The first kappa shape index (κ1) is 17.5. The number of ether oxygens (including phenoxy) is 1. The number of hydrogen-bond acceptors (Lipinski definition) is 4. The van der Waals surface area contributed by atoms with Crippen molar-refractivity contribution >= 4 is 45.9 Å². The standard InChI is InChI=1S/C18H14Cl2N2O3/c1-2-10-4-3-5-11-12(8-21-16(10)11)14(23)9-25-18(24)17-13(19)6-7-15(20)22-17/h3-8,21H,2,9H2,1H3. The first-order chi connectivity index (χ1) is 12.0. The second-order valence-electron chi connectivity index (χ2n) is 5.36. The van der Waals surface area contributed by atoms with Crippen LogP contribution in [-0.4, -0.2) is 28.3 Å². The smallest absolute Gasteiger partial charge is 0.359 e. The number of rotatable bonds is 5. The number of aromatic amines is 1. The van der Waals surface area contributed by atoms with Gasteiger partial charge in [-0.25, -0.2) is 9.78 Å². The van der Waals surface area contributed by atoms with E-state index in [4.69, 9.17) is 27.9 Å². The summed E-state index contributed by atoms with van der Waals surface area (Å²) in [5.74, 6) is -1.11. The number of halogens is 2. The maximum absolute atomic E-state index is 12.4. The van der Waals surface area contributed by atoms with Gasteiger partial charge in [-0.2, -0.15) is 0 Å². The molecule has 0 unspecified atom stereocenters. The molecule has 0 saturated carbocycles. The van der Waals surface area contributed by atoms with Crippen molar-refractivity contribution in [2.75, 3.05) is 6.61 Å². The van der Waals surface area contributed by atoms with Crippen LogP contribution in [0.4, 0.5) is 0 Å². The number of nitrogens with one attached hydrogen (secondary N) is 1. The van der Waals surface area contributed by atoms with Crippen LogP contribution in [0.2, 0.25) is 10.2 Å². The van der Waals surface area contributed by atoms with Crippen LogP contribution in [0.5, 0.6) is 0 Å². The van der Waals surface area contributed by atoms with Crippen molar-refractivity contribution in [2.45, 2.75) is 13.3 Å². The second kappa shape index (κ2) is 7.25. The van der Waals surface area contributed by atoms with E-state index in [0.29, 0.717) is 5.56 Å². The highest BCUT2D eigenvalue weighted by Gasteiger charge is 2.19. The van der Waals surface area contributed by atoms with Gasteiger partial charge in [0, 0.05) is 22.7 Å². The zero-order valence-electron chi connectivity index (χ0n) is 13.3. The van der Waals surface area contributed by atoms with E-state index in [-0.39, 0.29) is 21.7 Å². The fourth-order valence-electron chi connectivity index (χ4n) is 2.58. The molecule has 2 aromatic heterocycles. The van der Waals surface area contributed by atoms with Crippen molar-refractivity contribution in [3.8, 4) is 0 Å². The average molecular weight is 377 g/mol. The number of aryl methyl sites for hydroxylation is 1. The van der Waals surface area contributed by atoms with Gasteiger partial charge in [0.1, 0.15) is 5.15 Å². The van der Waals surface area contributed by atoms with Crippen LogP contribution in [0.15, 0.2) is 36.5 Å². The lowest BCUT2D eigenvalue weighted by molar-refractivity contribution is 0.0469. The van der Waals surface area contributed by atoms with Crippen molar-refractivity contribution in [3.05, 3.63) is 63.5 Å². The number of benzene rings is 1. The highest BCUT2D eigenvalue weighted by Crippen LogP contribution is 2.23. The largest absolute Gasteiger partial charge is 0.453 e. The molecule has 3 aromatic rings. The maximum Gasteiger partial charge on any atom is 0.359 e. The summed E-state index contributed by atoms with van der Waals surface area (Å²) in [5.41, 5.74) is 2.39. The van der Waals surface area contributed by atoms with Gasteiger partial charge < -0.3 is 9.72 Å². The Labute approximate surface area is 153 Å². The van der Waals surface area contributed by atoms with Crippen LogP contribution in [0.25, 0.3) is 10.9 Å². The van der Waals surface area contributed by atoms with Gasteiger partial charge in [0.15, 0.2) is 12.3 Å². The SMILES string of the molecule is CCc1cccc2c(C(=O)COC(=O)c3nc(Cl)ccc3Cl)c[nH]c12. The molecule has 25 heavy (non-hydrogen) atoms. The molecule has 0 spiro atoms. The van der Waals surface area contributed by atoms with Crippen molar-refractivity contribution in [2.24, 2.45) is 0 Å². The first-order valence-electron chi connectivity index (χ1n) is 7.62. The predicted octanol–water partition coefficient (Wildman–Crippen LogP) is 4.47. The molecular weight excluding hydrogens is 363 g/mol. The number of Topliss-reactive ketones (excluding diaryl/α,β-unsaturated/α-hetero) is 1. The summed E-state index contributed by atoms with van der Waals surface area (Å²) in [5, 5.41) is 1.03. The van der Waals surface area contributed by atoms with E-state index in [2.05, 4.69) is 9.97 Å². The third kappa shape index (κ3) is 3.52. The van der Waals surface area contributed by atoms with Gasteiger partial charge >= 0.3 is 5.97 Å². The van der Waals surface area contributed by atoms with Crippen molar-refractivity contribution < 1.29 is 14.3 Å². The summed E-state index contributed by atoms with van der Waals surface area (Å²) in [6, 6.07) is 8.66. The molecular formula is C18H14Cl2N2O3. The van der Waals surface area contributed by atoms with E-state index in [9.17, 15) is 9.59 Å². The lowest BCUT2D eigenvalue weighted by Gasteiger charge is -2.05. The molecule has 0 atom stereocenters. The summed E-state index contributed by atoms with van der Waals surface area (Å²) >= 11 is 11.7. The van der Waals surface area contributed by atoms with Gasteiger partial charge in [-0.15, -0.1) is 0 Å². The average Bonchev–Trinajstić information content (AvgIpc) is 3.05. The number of H-pyrrole nitrogens is 1. The summed E-state index contributed by atoms with van der Waals surface area (Å²) in [4.78, 5) is 31.4. The van der Waals surface area contributed by atoms with Crippen LogP contribution in [0, 0.1) is 0 Å². The molecule has 0 saturated heterocycles. The molecule has 2 heterocycles. The molecule has 3 rings (SSSR count). The Morgan fingerprint density at radius 1 is 1.20 bits per heavy atom. The van der Waals surface area contributed by atoms with Crippen LogP contribution in [0.3, 0.4) is 0 Å². The number of aromatic nitrogens is 2. The highest BCUT2D eigenvalue weighted by molar-refractivity contribution is 6.34. The molecule has 0 bridgehead atoms. The number of pyridine rings is 1. The van der Waals surface area contributed by atoms with Crippen molar-refractivity contribution in [1.82, 2.24) is 9.97 Å². The Balaban J connectivity index is 1.77. The monoisotopic (exact) mass is 376 g/mol. The summed E-state index contributed by atoms with van der Waals surface area (Å²) < 4.78 is 5.05. The molecule has 0 radical (unpaired) electrons. The fraction of sp³-hybridized carbons (Fsp3) is 0.167. The lowest BCUT2D eigenvalue weighted by atomic mass is 10.1. The molecule has 0 aliphatic carbocycles. The Kier molecular flexibility index (Phi) is 5.06. The van der Waals surface area contributed by atoms with E-state index < -0.39 is 12.6 Å². The second-order valence-corrected chi connectivity index (χ2v) is 6.15. The van der Waals surface area contributed by atoms with E-state index in [0.717, 1.165) is 22.9 Å². The number of esters is 1. The molecule has 7 heteroatoms. The van der Waals surface area contributed by atoms with Gasteiger partial charge in [0.2, 0.25) is 5.78 Å².